The van der Waals surface area contributed by atoms with Crippen LogP contribution in [-0.4, -0.2) is 19.7 Å². The summed E-state index contributed by atoms with van der Waals surface area (Å²) in [6.45, 7) is 1.71. The van der Waals surface area contributed by atoms with Crippen molar-refractivity contribution in [1.29, 1.82) is 0 Å². The lowest BCUT2D eigenvalue weighted by Crippen LogP contribution is -2.42. The Bertz CT molecular complexity index is 597. The molecule has 104 valence electrons. The average Bonchev–Trinajstić information content (AvgIpc) is 2.47. The number of rotatable bonds is 3. The molecule has 2 aromatic carbocycles. The Morgan fingerprint density at radius 3 is 2.75 bits per heavy atom. The minimum absolute atomic E-state index is 0.194. The van der Waals surface area contributed by atoms with Gasteiger partial charge < -0.3 is 15.4 Å². The predicted octanol–water partition coefficient (Wildman–Crippen LogP) is 2.59. The molecule has 0 radical (unpaired) electrons. The van der Waals surface area contributed by atoms with Gasteiger partial charge in [-0.2, -0.15) is 0 Å². The summed E-state index contributed by atoms with van der Waals surface area (Å²) in [6.07, 6.45) is 0.957. The van der Waals surface area contributed by atoms with Crippen LogP contribution in [0.3, 0.4) is 0 Å². The summed E-state index contributed by atoms with van der Waals surface area (Å²) in [5, 5.41) is 0. The van der Waals surface area contributed by atoms with Gasteiger partial charge in [-0.25, -0.2) is 0 Å². The lowest BCUT2D eigenvalue weighted by molar-refractivity contribution is 0.408. The van der Waals surface area contributed by atoms with Crippen molar-refractivity contribution in [3.05, 3.63) is 59.7 Å². The van der Waals surface area contributed by atoms with E-state index in [1.807, 2.05) is 18.2 Å². The Morgan fingerprint density at radius 1 is 1.15 bits per heavy atom. The zero-order valence-electron chi connectivity index (χ0n) is 11.8. The van der Waals surface area contributed by atoms with Gasteiger partial charge in [0.1, 0.15) is 5.75 Å². The van der Waals surface area contributed by atoms with Crippen LogP contribution in [0.4, 0.5) is 5.69 Å². The van der Waals surface area contributed by atoms with Crippen LogP contribution in [0.2, 0.25) is 0 Å². The topological polar surface area (TPSA) is 38.5 Å². The first-order valence-corrected chi connectivity index (χ1v) is 6.98. The molecule has 3 rings (SSSR count). The smallest absolute Gasteiger partial charge is 0.123 e. The molecular formula is C17H20N2O. The van der Waals surface area contributed by atoms with E-state index in [1.165, 1.54) is 16.8 Å². The monoisotopic (exact) mass is 268 g/mol. The number of para-hydroxylation sites is 2. The highest BCUT2D eigenvalue weighted by Crippen LogP contribution is 2.29. The lowest BCUT2D eigenvalue weighted by Gasteiger charge is -2.35. The molecule has 0 aliphatic carbocycles. The van der Waals surface area contributed by atoms with Gasteiger partial charge in [-0.05, 0) is 24.1 Å². The van der Waals surface area contributed by atoms with E-state index in [-0.39, 0.29) is 6.04 Å². The maximum absolute atomic E-state index is 6.19. The number of nitrogens with two attached hydrogens (primary N) is 1. The van der Waals surface area contributed by atoms with Gasteiger partial charge in [0.15, 0.2) is 0 Å². The standard InChI is InChI=1S/C17H20N2O/c1-20-17-9-5-3-7-14(17)11-19-12-15(18)10-13-6-2-4-8-16(13)19/h2-9,15H,10-12,18H2,1H3. The maximum Gasteiger partial charge on any atom is 0.123 e. The van der Waals surface area contributed by atoms with Gasteiger partial charge >= 0.3 is 0 Å². The van der Waals surface area contributed by atoms with Crippen molar-refractivity contribution < 1.29 is 4.74 Å². The van der Waals surface area contributed by atoms with Crippen molar-refractivity contribution in [3.8, 4) is 5.75 Å². The van der Waals surface area contributed by atoms with Crippen molar-refractivity contribution in [2.75, 3.05) is 18.6 Å². The third-order valence-electron chi connectivity index (χ3n) is 3.82. The fraction of sp³-hybridized carbons (Fsp3) is 0.294. The van der Waals surface area contributed by atoms with Crippen molar-refractivity contribution in [2.24, 2.45) is 5.73 Å². The zero-order valence-corrected chi connectivity index (χ0v) is 11.8. The number of methoxy groups -OCH3 is 1. The summed E-state index contributed by atoms with van der Waals surface area (Å²) in [6, 6.07) is 16.9. The first-order chi connectivity index (χ1) is 9.78. The Balaban J connectivity index is 1.91. The van der Waals surface area contributed by atoms with E-state index in [0.717, 1.165) is 25.3 Å². The van der Waals surface area contributed by atoms with Crippen LogP contribution < -0.4 is 15.4 Å². The van der Waals surface area contributed by atoms with E-state index < -0.39 is 0 Å². The second-order valence-electron chi connectivity index (χ2n) is 5.29. The quantitative estimate of drug-likeness (QED) is 0.930. The van der Waals surface area contributed by atoms with Gasteiger partial charge in [-0.15, -0.1) is 0 Å². The third-order valence-corrected chi connectivity index (χ3v) is 3.82. The van der Waals surface area contributed by atoms with Crippen molar-refractivity contribution >= 4 is 5.69 Å². The first kappa shape index (κ1) is 13.0. The Kier molecular flexibility index (Phi) is 3.61. The van der Waals surface area contributed by atoms with E-state index in [0.29, 0.717) is 0 Å². The molecule has 1 unspecified atom stereocenters. The third kappa shape index (κ3) is 2.49. The fourth-order valence-electron chi connectivity index (χ4n) is 2.91. The summed E-state index contributed by atoms with van der Waals surface area (Å²) in [5.41, 5.74) is 10.0. The van der Waals surface area contributed by atoms with Crippen molar-refractivity contribution in [1.82, 2.24) is 0 Å². The van der Waals surface area contributed by atoms with E-state index in [4.69, 9.17) is 10.5 Å². The van der Waals surface area contributed by atoms with Gasteiger partial charge in [0.2, 0.25) is 0 Å². The van der Waals surface area contributed by atoms with Crippen LogP contribution in [0.5, 0.6) is 5.75 Å². The molecule has 0 spiro atoms. The number of hydrogen-bond acceptors (Lipinski definition) is 3. The molecule has 0 saturated carbocycles. The minimum Gasteiger partial charge on any atom is -0.496 e. The molecule has 3 nitrogen and oxygen atoms in total. The van der Waals surface area contributed by atoms with Gasteiger partial charge in [0.25, 0.3) is 0 Å². The second kappa shape index (κ2) is 5.55. The molecule has 2 aromatic rings. The summed E-state index contributed by atoms with van der Waals surface area (Å²) >= 11 is 0. The number of ether oxygens (including phenoxy) is 1. The van der Waals surface area contributed by atoms with E-state index in [2.05, 4.69) is 35.2 Å². The number of fused-ring (bicyclic) bond motifs is 1. The summed E-state index contributed by atoms with van der Waals surface area (Å²) < 4.78 is 5.44. The molecule has 1 heterocycles. The highest BCUT2D eigenvalue weighted by atomic mass is 16.5. The molecule has 0 fully saturated rings. The summed E-state index contributed by atoms with van der Waals surface area (Å²) in [5.74, 6) is 0.934. The molecule has 0 amide bonds. The van der Waals surface area contributed by atoms with Crippen molar-refractivity contribution in [3.63, 3.8) is 0 Å². The fourth-order valence-corrected chi connectivity index (χ4v) is 2.91. The van der Waals surface area contributed by atoms with E-state index in [1.54, 1.807) is 7.11 Å². The Labute approximate surface area is 120 Å². The molecule has 20 heavy (non-hydrogen) atoms. The molecule has 0 saturated heterocycles. The van der Waals surface area contributed by atoms with Crippen LogP contribution in [0.1, 0.15) is 11.1 Å². The predicted molar refractivity (Wildman–Crippen MR) is 82.2 cm³/mol. The maximum atomic E-state index is 6.19. The number of anilines is 1. The largest absolute Gasteiger partial charge is 0.496 e. The van der Waals surface area contributed by atoms with Crippen LogP contribution in [0.25, 0.3) is 0 Å². The molecule has 0 aromatic heterocycles. The van der Waals surface area contributed by atoms with E-state index in [9.17, 15) is 0 Å². The number of benzene rings is 2. The highest BCUT2D eigenvalue weighted by molar-refractivity contribution is 5.57. The van der Waals surface area contributed by atoms with Gasteiger partial charge in [-0.3, -0.25) is 0 Å². The zero-order chi connectivity index (χ0) is 13.9. The van der Waals surface area contributed by atoms with Gasteiger partial charge in [0.05, 0.1) is 7.11 Å². The summed E-state index contributed by atoms with van der Waals surface area (Å²) in [7, 11) is 1.72. The molecule has 1 aliphatic heterocycles. The molecule has 1 atom stereocenters. The lowest BCUT2D eigenvalue weighted by atomic mass is 9.98. The Morgan fingerprint density at radius 2 is 1.90 bits per heavy atom. The van der Waals surface area contributed by atoms with Crippen LogP contribution in [-0.2, 0) is 13.0 Å². The molecule has 2 N–H and O–H groups in total. The molecule has 1 aliphatic rings. The molecule has 3 heteroatoms. The van der Waals surface area contributed by atoms with Crippen LogP contribution >= 0.6 is 0 Å². The van der Waals surface area contributed by atoms with Crippen molar-refractivity contribution in [2.45, 2.75) is 19.0 Å². The normalized spacial score (nSPS) is 17.7. The SMILES string of the molecule is COc1ccccc1CN1CC(N)Cc2ccccc21. The number of nitrogens with zero attached hydrogens (tertiary/aromatic N) is 1. The first-order valence-electron chi connectivity index (χ1n) is 6.98. The average molecular weight is 268 g/mol. The second-order valence-corrected chi connectivity index (χ2v) is 5.29. The highest BCUT2D eigenvalue weighted by Gasteiger charge is 2.22. The molecule has 0 bridgehead atoms. The van der Waals surface area contributed by atoms with E-state index >= 15 is 0 Å². The Hall–Kier alpha value is -2.00. The van der Waals surface area contributed by atoms with Gasteiger partial charge in [-0.1, -0.05) is 36.4 Å². The molecular weight excluding hydrogens is 248 g/mol. The van der Waals surface area contributed by atoms with Gasteiger partial charge in [0, 0.05) is 30.4 Å². The van der Waals surface area contributed by atoms with Crippen LogP contribution in [0.15, 0.2) is 48.5 Å². The minimum atomic E-state index is 0.194. The number of hydrogen-bond donors (Lipinski definition) is 1. The van der Waals surface area contributed by atoms with Crippen LogP contribution in [0, 0.1) is 0 Å². The summed E-state index contributed by atoms with van der Waals surface area (Å²) in [4.78, 5) is 2.35.